The Morgan fingerprint density at radius 2 is 2.08 bits per heavy atom. The number of carbonyl (C=O) groups excluding carboxylic acids is 3. The molecule has 0 aliphatic rings. The molecule has 0 aromatic heterocycles. The minimum absolute atomic E-state index is 0.226. The Kier molecular flexibility index (Phi) is 4.14. The molecule has 0 heterocycles. The van der Waals surface area contributed by atoms with E-state index in [1.807, 2.05) is 0 Å². The third kappa shape index (κ3) is 2.79. The number of rotatable bonds is 3. The van der Waals surface area contributed by atoms with E-state index in [-0.39, 0.29) is 6.54 Å². The van der Waals surface area contributed by atoms with Gasteiger partial charge in [0.25, 0.3) is 0 Å². The summed E-state index contributed by atoms with van der Waals surface area (Å²) in [7, 11) is 0. The number of imide groups is 1. The minimum atomic E-state index is -0.756. The highest BCUT2D eigenvalue weighted by Crippen LogP contribution is 1.92. The van der Waals surface area contributed by atoms with Crippen LogP contribution in [0.25, 0.3) is 0 Å². The fraction of sp³-hybridized carbons (Fsp3) is 0.571. The first-order chi connectivity index (χ1) is 5.50. The first-order valence-corrected chi connectivity index (χ1v) is 3.51. The van der Waals surface area contributed by atoms with Crippen molar-refractivity contribution in [3.05, 3.63) is 0 Å². The lowest BCUT2D eigenvalue weighted by molar-refractivity contribution is -0.145. The van der Waals surface area contributed by atoms with Crippen LogP contribution in [-0.4, -0.2) is 35.6 Å². The molecule has 0 aromatic carbocycles. The van der Waals surface area contributed by atoms with E-state index in [4.69, 9.17) is 5.73 Å². The number of nitrogens with two attached hydrogens (primary N) is 1. The molecule has 0 rings (SSSR count). The van der Waals surface area contributed by atoms with Gasteiger partial charge >= 0.3 is 0 Å². The second-order valence-corrected chi connectivity index (χ2v) is 2.42. The number of amides is 2. The Morgan fingerprint density at radius 3 is 2.33 bits per heavy atom. The molecular weight excluding hydrogens is 160 g/mol. The maximum atomic E-state index is 11.1. The van der Waals surface area contributed by atoms with Crippen LogP contribution in [0.4, 0.5) is 0 Å². The molecule has 0 unspecified atom stereocenters. The van der Waals surface area contributed by atoms with Gasteiger partial charge in [-0.3, -0.25) is 14.5 Å². The minimum Gasteiger partial charge on any atom is -0.320 e. The molecule has 0 aliphatic heterocycles. The van der Waals surface area contributed by atoms with Crippen molar-refractivity contribution in [2.45, 2.75) is 19.9 Å². The summed E-state index contributed by atoms with van der Waals surface area (Å²) in [6.45, 7) is 2.45. The molecule has 68 valence electrons. The highest BCUT2D eigenvalue weighted by molar-refractivity contribution is 5.98. The van der Waals surface area contributed by atoms with E-state index in [1.54, 1.807) is 0 Å². The van der Waals surface area contributed by atoms with E-state index in [1.165, 1.54) is 13.8 Å². The Labute approximate surface area is 70.5 Å². The third-order valence-electron chi connectivity index (χ3n) is 1.29. The molecule has 0 aromatic rings. The van der Waals surface area contributed by atoms with E-state index in [2.05, 4.69) is 0 Å². The lowest BCUT2D eigenvalue weighted by atomic mass is 10.3. The molecule has 0 aliphatic carbocycles. The van der Waals surface area contributed by atoms with Gasteiger partial charge in [-0.1, -0.05) is 0 Å². The molecule has 0 radical (unpaired) electrons. The van der Waals surface area contributed by atoms with Gasteiger partial charge in [0, 0.05) is 6.92 Å². The fourth-order valence-corrected chi connectivity index (χ4v) is 0.694. The summed E-state index contributed by atoms with van der Waals surface area (Å²) < 4.78 is 0. The van der Waals surface area contributed by atoms with Crippen molar-refractivity contribution in [1.82, 2.24) is 4.90 Å². The number of aldehydes is 1. The standard InChI is InChI=1S/C7H12N2O3/c1-5(8)7(12)9(3-4-10)6(2)11/h4-5H,3,8H2,1-2H3/t5-/m0/s1. The summed E-state index contributed by atoms with van der Waals surface area (Å²) in [4.78, 5) is 32.7. The Hall–Kier alpha value is -1.23. The van der Waals surface area contributed by atoms with Gasteiger partial charge in [-0.05, 0) is 6.92 Å². The average molecular weight is 172 g/mol. The first kappa shape index (κ1) is 10.8. The lowest BCUT2D eigenvalue weighted by Crippen LogP contribution is -2.45. The van der Waals surface area contributed by atoms with Gasteiger partial charge in [0.2, 0.25) is 11.8 Å². The van der Waals surface area contributed by atoms with Gasteiger partial charge < -0.3 is 10.5 Å². The molecule has 0 fully saturated rings. The van der Waals surface area contributed by atoms with Crippen molar-refractivity contribution >= 4 is 18.1 Å². The summed E-state index contributed by atoms with van der Waals surface area (Å²) in [5.74, 6) is -1.00. The zero-order valence-corrected chi connectivity index (χ0v) is 7.11. The van der Waals surface area contributed by atoms with Crippen LogP contribution in [0.15, 0.2) is 0 Å². The van der Waals surface area contributed by atoms with Crippen LogP contribution in [0.2, 0.25) is 0 Å². The van der Waals surface area contributed by atoms with Crippen molar-refractivity contribution in [3.63, 3.8) is 0 Å². The number of hydrogen-bond donors (Lipinski definition) is 1. The lowest BCUT2D eigenvalue weighted by Gasteiger charge is -2.17. The second-order valence-electron chi connectivity index (χ2n) is 2.42. The summed E-state index contributed by atoms with van der Waals surface area (Å²) >= 11 is 0. The van der Waals surface area contributed by atoms with Gasteiger partial charge in [-0.2, -0.15) is 0 Å². The Bertz CT molecular complexity index is 201. The fourth-order valence-electron chi connectivity index (χ4n) is 0.694. The van der Waals surface area contributed by atoms with Gasteiger partial charge in [0.05, 0.1) is 12.6 Å². The second kappa shape index (κ2) is 4.61. The van der Waals surface area contributed by atoms with Crippen LogP contribution in [0.5, 0.6) is 0 Å². The van der Waals surface area contributed by atoms with Crippen LogP contribution in [0, 0.1) is 0 Å². The molecule has 12 heavy (non-hydrogen) atoms. The summed E-state index contributed by atoms with van der Waals surface area (Å²) in [6.07, 6.45) is 0.488. The molecule has 0 saturated carbocycles. The highest BCUT2D eigenvalue weighted by atomic mass is 16.2. The van der Waals surface area contributed by atoms with Gasteiger partial charge in [0.15, 0.2) is 0 Å². The first-order valence-electron chi connectivity index (χ1n) is 3.51. The van der Waals surface area contributed by atoms with Crippen molar-refractivity contribution in [2.24, 2.45) is 5.73 Å². The zero-order chi connectivity index (χ0) is 9.72. The van der Waals surface area contributed by atoms with Crippen LogP contribution in [0.1, 0.15) is 13.8 Å². The molecule has 2 N–H and O–H groups in total. The molecule has 0 saturated heterocycles. The smallest absolute Gasteiger partial charge is 0.246 e. The topological polar surface area (TPSA) is 80.5 Å². The number of carbonyl (C=O) groups is 3. The maximum absolute atomic E-state index is 11.1. The third-order valence-corrected chi connectivity index (χ3v) is 1.29. The SMILES string of the molecule is CC(=O)N(CC=O)C(=O)[C@H](C)N. The summed E-state index contributed by atoms with van der Waals surface area (Å²) in [6, 6.07) is -0.756. The van der Waals surface area contributed by atoms with Crippen LogP contribution < -0.4 is 5.73 Å². The Balaban J connectivity index is 4.39. The van der Waals surface area contributed by atoms with E-state index in [0.29, 0.717) is 6.29 Å². The largest absolute Gasteiger partial charge is 0.320 e. The van der Waals surface area contributed by atoms with Crippen molar-refractivity contribution < 1.29 is 14.4 Å². The molecule has 0 bridgehead atoms. The summed E-state index contributed by atoms with van der Waals surface area (Å²) in [5, 5.41) is 0. The molecule has 0 spiro atoms. The number of hydrogen-bond acceptors (Lipinski definition) is 4. The zero-order valence-electron chi connectivity index (χ0n) is 7.11. The normalized spacial score (nSPS) is 11.9. The van der Waals surface area contributed by atoms with Crippen molar-refractivity contribution in [1.29, 1.82) is 0 Å². The van der Waals surface area contributed by atoms with E-state index < -0.39 is 17.9 Å². The monoisotopic (exact) mass is 172 g/mol. The van der Waals surface area contributed by atoms with E-state index >= 15 is 0 Å². The molecule has 2 amide bonds. The van der Waals surface area contributed by atoms with Gasteiger partial charge in [-0.25, -0.2) is 0 Å². The average Bonchev–Trinajstić information content (AvgIpc) is 1.98. The highest BCUT2D eigenvalue weighted by Gasteiger charge is 2.20. The predicted octanol–water partition coefficient (Wildman–Crippen LogP) is -1.09. The Morgan fingerprint density at radius 1 is 1.58 bits per heavy atom. The van der Waals surface area contributed by atoms with E-state index in [9.17, 15) is 14.4 Å². The molecule has 5 heteroatoms. The van der Waals surface area contributed by atoms with E-state index in [0.717, 1.165) is 4.90 Å². The molecule has 1 atom stereocenters. The van der Waals surface area contributed by atoms with Crippen molar-refractivity contribution in [2.75, 3.05) is 6.54 Å². The number of nitrogens with zero attached hydrogens (tertiary/aromatic N) is 1. The van der Waals surface area contributed by atoms with Gasteiger partial charge in [-0.15, -0.1) is 0 Å². The summed E-state index contributed by atoms with van der Waals surface area (Å²) in [5.41, 5.74) is 5.25. The van der Waals surface area contributed by atoms with Crippen LogP contribution >= 0.6 is 0 Å². The molecular formula is C7H12N2O3. The predicted molar refractivity (Wildman–Crippen MR) is 42.1 cm³/mol. The maximum Gasteiger partial charge on any atom is 0.246 e. The van der Waals surface area contributed by atoms with Gasteiger partial charge in [0.1, 0.15) is 6.29 Å². The van der Waals surface area contributed by atoms with Crippen LogP contribution in [-0.2, 0) is 14.4 Å². The van der Waals surface area contributed by atoms with Crippen LogP contribution in [0.3, 0.4) is 0 Å². The molecule has 5 nitrogen and oxygen atoms in total. The van der Waals surface area contributed by atoms with Crippen molar-refractivity contribution in [3.8, 4) is 0 Å². The quantitative estimate of drug-likeness (QED) is 0.548.